The molecule has 0 radical (unpaired) electrons. The SMILES string of the molecule is O=C(NCC1CC1)c1nnc2n1CC1(CC2)CCN(Cc2cccnc2)CC1.O=C(O)C(F)(F)F. The Hall–Kier alpha value is -3.02. The number of pyridine rings is 1. The van der Waals surface area contributed by atoms with E-state index in [0.29, 0.717) is 11.7 Å². The van der Waals surface area contributed by atoms with E-state index in [9.17, 15) is 18.0 Å². The first-order valence-electron chi connectivity index (χ1n) is 11.8. The molecule has 12 heteroatoms. The van der Waals surface area contributed by atoms with E-state index in [2.05, 4.69) is 36.0 Å². The van der Waals surface area contributed by atoms with Gasteiger partial charge in [0.2, 0.25) is 5.82 Å². The van der Waals surface area contributed by atoms with Gasteiger partial charge in [-0.05, 0) is 68.2 Å². The molecule has 5 rings (SSSR count). The smallest absolute Gasteiger partial charge is 0.475 e. The standard InChI is InChI=1S/C21H28N6O.C2HF3O2/c28-20(23-13-16-3-4-16)19-25-24-18-5-6-21(15-27(18)19)7-10-26(11-8-21)14-17-2-1-9-22-12-17;3-2(4,5)1(6)7/h1-2,9,12,16H,3-8,10-11,13-15H2,(H,23,28);(H,6,7). The van der Waals surface area contributed by atoms with Gasteiger partial charge in [-0.15, -0.1) is 10.2 Å². The van der Waals surface area contributed by atoms with Gasteiger partial charge in [0.1, 0.15) is 5.82 Å². The van der Waals surface area contributed by atoms with Gasteiger partial charge in [0.15, 0.2) is 0 Å². The predicted octanol–water partition coefficient (Wildman–Crippen LogP) is 2.67. The van der Waals surface area contributed by atoms with Gasteiger partial charge in [-0.2, -0.15) is 13.2 Å². The number of rotatable bonds is 5. The number of carboxylic acid groups (broad SMARTS) is 1. The highest BCUT2D eigenvalue weighted by molar-refractivity contribution is 5.90. The minimum absolute atomic E-state index is 0.0586. The summed E-state index contributed by atoms with van der Waals surface area (Å²) in [6.45, 7) is 4.81. The number of carbonyl (C=O) groups is 2. The van der Waals surface area contributed by atoms with Crippen LogP contribution in [0.15, 0.2) is 24.5 Å². The van der Waals surface area contributed by atoms with E-state index in [0.717, 1.165) is 64.2 Å². The number of hydrogen-bond donors (Lipinski definition) is 2. The number of alkyl halides is 3. The number of nitrogens with zero attached hydrogens (tertiary/aromatic N) is 5. The van der Waals surface area contributed by atoms with Gasteiger partial charge in [0.05, 0.1) is 0 Å². The Bertz CT molecular complexity index is 1030. The molecule has 2 aliphatic heterocycles. The number of carboxylic acids is 1. The van der Waals surface area contributed by atoms with Crippen LogP contribution < -0.4 is 5.32 Å². The van der Waals surface area contributed by atoms with E-state index in [1.807, 2.05) is 18.5 Å². The number of piperidine rings is 1. The Morgan fingerprint density at radius 1 is 1.17 bits per heavy atom. The van der Waals surface area contributed by atoms with Crippen molar-refractivity contribution in [2.45, 2.75) is 57.8 Å². The first-order valence-corrected chi connectivity index (χ1v) is 11.8. The maximum atomic E-state index is 12.6. The zero-order valence-corrected chi connectivity index (χ0v) is 19.3. The summed E-state index contributed by atoms with van der Waals surface area (Å²) >= 11 is 0. The lowest BCUT2D eigenvalue weighted by atomic mass is 9.73. The highest BCUT2D eigenvalue weighted by Crippen LogP contribution is 2.41. The molecule has 2 aromatic heterocycles. The van der Waals surface area contributed by atoms with Crippen molar-refractivity contribution in [2.75, 3.05) is 19.6 Å². The fourth-order valence-corrected chi connectivity index (χ4v) is 4.63. The Kier molecular flexibility index (Phi) is 7.39. The average molecular weight is 495 g/mol. The largest absolute Gasteiger partial charge is 0.490 e. The molecule has 0 atom stereocenters. The number of carbonyl (C=O) groups excluding carboxylic acids is 1. The van der Waals surface area contributed by atoms with Crippen molar-refractivity contribution in [1.29, 1.82) is 0 Å². The van der Waals surface area contributed by atoms with Gasteiger partial charge in [-0.3, -0.25) is 14.7 Å². The van der Waals surface area contributed by atoms with Crippen molar-refractivity contribution in [3.63, 3.8) is 0 Å². The summed E-state index contributed by atoms with van der Waals surface area (Å²) in [7, 11) is 0. The maximum Gasteiger partial charge on any atom is 0.490 e. The molecule has 1 spiro atoms. The number of halogens is 3. The van der Waals surface area contributed by atoms with Gasteiger partial charge in [-0.25, -0.2) is 4.79 Å². The van der Waals surface area contributed by atoms with Crippen molar-refractivity contribution in [2.24, 2.45) is 11.3 Å². The van der Waals surface area contributed by atoms with E-state index in [4.69, 9.17) is 9.90 Å². The lowest BCUT2D eigenvalue weighted by Crippen LogP contribution is -2.44. The van der Waals surface area contributed by atoms with Crippen LogP contribution in [0.4, 0.5) is 13.2 Å². The van der Waals surface area contributed by atoms with Crippen LogP contribution in [0, 0.1) is 11.3 Å². The van der Waals surface area contributed by atoms with Gasteiger partial charge in [-0.1, -0.05) is 6.07 Å². The third-order valence-electron chi connectivity index (χ3n) is 6.94. The van der Waals surface area contributed by atoms with Gasteiger partial charge < -0.3 is 15.0 Å². The molecule has 35 heavy (non-hydrogen) atoms. The predicted molar refractivity (Wildman–Crippen MR) is 118 cm³/mol. The minimum Gasteiger partial charge on any atom is -0.475 e. The topological polar surface area (TPSA) is 113 Å². The number of aromatic nitrogens is 4. The van der Waals surface area contributed by atoms with Crippen LogP contribution in [-0.2, 0) is 24.3 Å². The Morgan fingerprint density at radius 2 is 1.89 bits per heavy atom. The number of aryl methyl sites for hydroxylation is 1. The molecule has 0 bridgehead atoms. The second kappa shape index (κ2) is 10.3. The second-order valence-electron chi connectivity index (χ2n) is 9.62. The summed E-state index contributed by atoms with van der Waals surface area (Å²) in [4.78, 5) is 28.2. The van der Waals surface area contributed by atoms with Crippen LogP contribution in [0.2, 0.25) is 0 Å². The number of amides is 1. The fourth-order valence-electron chi connectivity index (χ4n) is 4.63. The summed E-state index contributed by atoms with van der Waals surface area (Å²) in [5, 5.41) is 18.7. The monoisotopic (exact) mass is 494 g/mol. The van der Waals surface area contributed by atoms with Crippen molar-refractivity contribution < 1.29 is 27.9 Å². The molecule has 1 amide bonds. The van der Waals surface area contributed by atoms with Crippen molar-refractivity contribution in [3.8, 4) is 0 Å². The Balaban J connectivity index is 0.000000364. The highest BCUT2D eigenvalue weighted by atomic mass is 19.4. The highest BCUT2D eigenvalue weighted by Gasteiger charge is 2.40. The molecule has 1 saturated carbocycles. The minimum atomic E-state index is -5.08. The maximum absolute atomic E-state index is 12.6. The Labute approximate surface area is 200 Å². The molecule has 4 heterocycles. The van der Waals surface area contributed by atoms with E-state index >= 15 is 0 Å². The third-order valence-corrected chi connectivity index (χ3v) is 6.94. The van der Waals surface area contributed by atoms with E-state index in [1.54, 1.807) is 0 Å². The molecule has 3 aliphatic rings. The number of aliphatic carboxylic acids is 1. The lowest BCUT2D eigenvalue weighted by molar-refractivity contribution is -0.192. The van der Waals surface area contributed by atoms with Crippen LogP contribution in [0.5, 0.6) is 0 Å². The van der Waals surface area contributed by atoms with Crippen LogP contribution >= 0.6 is 0 Å². The van der Waals surface area contributed by atoms with Crippen LogP contribution in [-0.4, -0.2) is 67.4 Å². The van der Waals surface area contributed by atoms with Crippen molar-refractivity contribution in [3.05, 3.63) is 41.7 Å². The number of hydrogen-bond acceptors (Lipinski definition) is 6. The molecule has 0 aromatic carbocycles. The normalized spacial score (nSPS) is 19.4. The van der Waals surface area contributed by atoms with E-state index < -0.39 is 12.1 Å². The third kappa shape index (κ3) is 6.56. The van der Waals surface area contributed by atoms with Crippen molar-refractivity contribution in [1.82, 2.24) is 30.0 Å². The zero-order valence-electron chi connectivity index (χ0n) is 19.3. The van der Waals surface area contributed by atoms with Crippen LogP contribution in [0.1, 0.15) is 54.1 Å². The quantitative estimate of drug-likeness (QED) is 0.657. The lowest BCUT2D eigenvalue weighted by Gasteiger charge is -2.44. The molecule has 1 saturated heterocycles. The molecule has 1 aliphatic carbocycles. The molecule has 190 valence electrons. The molecular weight excluding hydrogens is 465 g/mol. The second-order valence-corrected chi connectivity index (χ2v) is 9.62. The summed E-state index contributed by atoms with van der Waals surface area (Å²) in [6.07, 6.45) is 5.56. The molecule has 2 aromatic rings. The van der Waals surface area contributed by atoms with Crippen LogP contribution in [0.3, 0.4) is 0 Å². The van der Waals surface area contributed by atoms with Crippen LogP contribution in [0.25, 0.3) is 0 Å². The van der Waals surface area contributed by atoms with E-state index in [1.165, 1.54) is 18.4 Å². The average Bonchev–Trinajstić information content (AvgIpc) is 3.57. The molecular formula is C23H29F3N6O3. The van der Waals surface area contributed by atoms with Gasteiger partial charge >= 0.3 is 12.1 Å². The zero-order chi connectivity index (χ0) is 25.1. The summed E-state index contributed by atoms with van der Waals surface area (Å²) in [6, 6.07) is 4.15. The van der Waals surface area contributed by atoms with Crippen molar-refractivity contribution >= 4 is 11.9 Å². The number of fused-ring (bicyclic) bond motifs is 1. The fraction of sp³-hybridized carbons (Fsp3) is 0.609. The Morgan fingerprint density at radius 3 is 2.49 bits per heavy atom. The van der Waals surface area contributed by atoms with Gasteiger partial charge in [0, 0.05) is 38.4 Å². The summed E-state index contributed by atoms with van der Waals surface area (Å²) in [5.74, 6) is -0.667. The molecule has 2 N–H and O–H groups in total. The first-order chi connectivity index (χ1) is 16.7. The molecule has 2 fully saturated rings. The van der Waals surface area contributed by atoms with E-state index in [-0.39, 0.29) is 11.3 Å². The molecule has 9 nitrogen and oxygen atoms in total. The van der Waals surface area contributed by atoms with Gasteiger partial charge in [0.25, 0.3) is 5.91 Å². The number of likely N-dealkylation sites (tertiary alicyclic amines) is 1. The summed E-state index contributed by atoms with van der Waals surface area (Å²) < 4.78 is 33.8. The first kappa shape index (κ1) is 25.1. The molecule has 0 unspecified atom stereocenters. The summed E-state index contributed by atoms with van der Waals surface area (Å²) in [5.41, 5.74) is 1.55. The number of nitrogens with one attached hydrogen (secondary N) is 1.